The molecule has 6 nitrogen and oxygen atoms in total. The number of benzene rings is 1. The summed E-state index contributed by atoms with van der Waals surface area (Å²) in [7, 11) is 1.60. The topological polar surface area (TPSA) is 84.9 Å². The Balaban J connectivity index is 2.55. The molecule has 0 saturated heterocycles. The zero-order valence-corrected chi connectivity index (χ0v) is 14.5. The smallest absolute Gasteiger partial charge is 0.335 e. The Hall–Kier alpha value is -1.12. The summed E-state index contributed by atoms with van der Waals surface area (Å²) < 4.78 is 11.2. The molecule has 0 unspecified atom stereocenters. The zero-order chi connectivity index (χ0) is 15.8. The molecule has 0 heterocycles. The van der Waals surface area contributed by atoms with Crippen molar-refractivity contribution in [1.29, 1.82) is 0 Å². The zero-order valence-electron chi connectivity index (χ0n) is 11.3. The van der Waals surface area contributed by atoms with Gasteiger partial charge in [0.15, 0.2) is 6.61 Å². The molecule has 0 aliphatic carbocycles. The van der Waals surface area contributed by atoms with Crippen LogP contribution < -0.4 is 10.1 Å². The second-order valence-electron chi connectivity index (χ2n) is 4.06. The van der Waals surface area contributed by atoms with Gasteiger partial charge in [0.2, 0.25) is 0 Å². The first-order valence-electron chi connectivity index (χ1n) is 6.06. The highest BCUT2D eigenvalue weighted by molar-refractivity contribution is 9.11. The third kappa shape index (κ3) is 6.03. The number of hydrogen-bond acceptors (Lipinski definition) is 4. The number of carboxylic acids is 1. The number of amides is 1. The van der Waals surface area contributed by atoms with Crippen molar-refractivity contribution in [2.75, 3.05) is 26.9 Å². The number of nitrogens with one attached hydrogen (secondary N) is 1. The molecule has 0 aliphatic heterocycles. The fraction of sp³-hybridized carbons (Fsp3) is 0.385. The van der Waals surface area contributed by atoms with E-state index in [4.69, 9.17) is 14.6 Å². The van der Waals surface area contributed by atoms with Gasteiger partial charge in [0.1, 0.15) is 5.75 Å². The molecular formula is C13H15Br2NO5. The monoisotopic (exact) mass is 423 g/mol. The first-order valence-corrected chi connectivity index (χ1v) is 7.65. The van der Waals surface area contributed by atoms with Gasteiger partial charge in [-0.2, -0.15) is 0 Å². The summed E-state index contributed by atoms with van der Waals surface area (Å²) in [5.41, 5.74) is 0.116. The maximum absolute atomic E-state index is 11.6. The molecule has 116 valence electrons. The predicted molar refractivity (Wildman–Crippen MR) is 83.8 cm³/mol. The van der Waals surface area contributed by atoms with E-state index < -0.39 is 5.97 Å². The SMILES string of the molecule is COCCCNC(=O)COc1c(Br)cc(C(=O)O)cc1Br. The molecule has 0 atom stereocenters. The molecule has 8 heteroatoms. The number of carboxylic acid groups (broad SMARTS) is 1. The molecule has 1 aromatic carbocycles. The van der Waals surface area contributed by atoms with Crippen LogP contribution >= 0.6 is 31.9 Å². The summed E-state index contributed by atoms with van der Waals surface area (Å²) in [4.78, 5) is 22.5. The Bertz CT molecular complexity index is 498. The van der Waals surface area contributed by atoms with E-state index >= 15 is 0 Å². The number of methoxy groups -OCH3 is 1. The van der Waals surface area contributed by atoms with Gasteiger partial charge in [-0.1, -0.05) is 0 Å². The van der Waals surface area contributed by atoms with Crippen LogP contribution in [0.2, 0.25) is 0 Å². The number of rotatable bonds is 8. The Morgan fingerprint density at radius 3 is 2.43 bits per heavy atom. The molecule has 0 saturated carbocycles. The van der Waals surface area contributed by atoms with E-state index in [9.17, 15) is 9.59 Å². The number of carbonyl (C=O) groups is 2. The molecule has 0 fully saturated rings. The lowest BCUT2D eigenvalue weighted by Gasteiger charge is -2.11. The molecule has 2 N–H and O–H groups in total. The quantitative estimate of drug-likeness (QED) is 0.626. The van der Waals surface area contributed by atoms with Crippen molar-refractivity contribution in [1.82, 2.24) is 5.32 Å². The lowest BCUT2D eigenvalue weighted by Crippen LogP contribution is -2.30. The maximum Gasteiger partial charge on any atom is 0.335 e. The van der Waals surface area contributed by atoms with E-state index in [1.807, 2.05) is 0 Å². The standard InChI is InChI=1S/C13H15Br2NO5/c1-20-4-2-3-16-11(17)7-21-12-9(14)5-8(13(18)19)6-10(12)15/h5-6H,2-4,7H2,1H3,(H,16,17)(H,18,19). The van der Waals surface area contributed by atoms with Crippen LogP contribution in [0.15, 0.2) is 21.1 Å². The molecule has 1 aromatic rings. The van der Waals surface area contributed by atoms with Gasteiger partial charge in [-0.15, -0.1) is 0 Å². The van der Waals surface area contributed by atoms with E-state index in [1.54, 1.807) is 7.11 Å². The average Bonchev–Trinajstić information content (AvgIpc) is 2.42. The Morgan fingerprint density at radius 2 is 1.90 bits per heavy atom. The fourth-order valence-electron chi connectivity index (χ4n) is 1.45. The summed E-state index contributed by atoms with van der Waals surface area (Å²) in [6, 6.07) is 2.83. The van der Waals surface area contributed by atoms with Crippen LogP contribution in [-0.4, -0.2) is 43.9 Å². The fourth-order valence-corrected chi connectivity index (χ4v) is 2.87. The maximum atomic E-state index is 11.6. The molecule has 1 amide bonds. The lowest BCUT2D eigenvalue weighted by atomic mass is 10.2. The van der Waals surface area contributed by atoms with Crippen LogP contribution in [0.25, 0.3) is 0 Å². The van der Waals surface area contributed by atoms with Crippen LogP contribution in [0.5, 0.6) is 5.75 Å². The van der Waals surface area contributed by atoms with Crippen LogP contribution in [0, 0.1) is 0 Å². The van der Waals surface area contributed by atoms with Crippen LogP contribution in [-0.2, 0) is 9.53 Å². The van der Waals surface area contributed by atoms with Gasteiger partial charge in [-0.3, -0.25) is 4.79 Å². The largest absolute Gasteiger partial charge is 0.481 e. The molecule has 0 aliphatic rings. The van der Waals surface area contributed by atoms with Gasteiger partial charge in [-0.05, 0) is 50.4 Å². The van der Waals surface area contributed by atoms with Crippen LogP contribution in [0.4, 0.5) is 0 Å². The highest BCUT2D eigenvalue weighted by atomic mass is 79.9. The highest BCUT2D eigenvalue weighted by Gasteiger charge is 2.14. The van der Waals surface area contributed by atoms with Crippen LogP contribution in [0.3, 0.4) is 0 Å². The lowest BCUT2D eigenvalue weighted by molar-refractivity contribution is -0.123. The van der Waals surface area contributed by atoms with Crippen molar-refractivity contribution < 1.29 is 24.2 Å². The van der Waals surface area contributed by atoms with E-state index in [0.717, 1.165) is 6.42 Å². The van der Waals surface area contributed by atoms with Crippen molar-refractivity contribution >= 4 is 43.7 Å². The predicted octanol–water partition coefficient (Wildman–Crippen LogP) is 2.44. The number of hydrogen-bond donors (Lipinski definition) is 2. The molecule has 0 aromatic heterocycles. The van der Waals surface area contributed by atoms with Gasteiger partial charge in [0.05, 0.1) is 14.5 Å². The van der Waals surface area contributed by atoms with Gasteiger partial charge < -0.3 is 19.9 Å². The molecule has 21 heavy (non-hydrogen) atoms. The summed E-state index contributed by atoms with van der Waals surface area (Å²) in [5, 5.41) is 11.6. The normalized spacial score (nSPS) is 10.2. The number of ether oxygens (including phenoxy) is 2. The van der Waals surface area contributed by atoms with E-state index in [-0.39, 0.29) is 18.1 Å². The van der Waals surface area contributed by atoms with Gasteiger partial charge in [-0.25, -0.2) is 4.79 Å². The molecule has 0 spiro atoms. The Labute approximate surface area is 139 Å². The Morgan fingerprint density at radius 1 is 1.29 bits per heavy atom. The minimum Gasteiger partial charge on any atom is -0.481 e. The second kappa shape index (κ2) is 9.01. The number of aromatic carboxylic acids is 1. The second-order valence-corrected chi connectivity index (χ2v) is 5.77. The third-order valence-corrected chi connectivity index (χ3v) is 3.62. The third-order valence-electron chi connectivity index (χ3n) is 2.44. The summed E-state index contributed by atoms with van der Waals surface area (Å²) in [6.07, 6.45) is 0.725. The van der Waals surface area contributed by atoms with Crippen molar-refractivity contribution in [2.45, 2.75) is 6.42 Å². The van der Waals surface area contributed by atoms with Crippen molar-refractivity contribution in [3.63, 3.8) is 0 Å². The first kappa shape index (κ1) is 17.9. The molecular weight excluding hydrogens is 410 g/mol. The number of carbonyl (C=O) groups excluding carboxylic acids is 1. The summed E-state index contributed by atoms with van der Waals surface area (Å²) in [6.45, 7) is 0.932. The first-order chi connectivity index (χ1) is 9.95. The van der Waals surface area contributed by atoms with Gasteiger partial charge in [0, 0.05) is 20.3 Å². The van der Waals surface area contributed by atoms with Crippen molar-refractivity contribution in [3.8, 4) is 5.75 Å². The molecule has 1 rings (SSSR count). The Kier molecular flexibility index (Phi) is 7.69. The minimum atomic E-state index is -1.04. The van der Waals surface area contributed by atoms with Gasteiger partial charge in [0.25, 0.3) is 5.91 Å². The van der Waals surface area contributed by atoms with Gasteiger partial charge >= 0.3 is 5.97 Å². The van der Waals surface area contributed by atoms with Crippen LogP contribution in [0.1, 0.15) is 16.8 Å². The summed E-state index contributed by atoms with van der Waals surface area (Å²) >= 11 is 6.45. The highest BCUT2D eigenvalue weighted by Crippen LogP contribution is 2.34. The molecule has 0 bridgehead atoms. The summed E-state index contributed by atoms with van der Waals surface area (Å²) in [5.74, 6) is -0.918. The van der Waals surface area contributed by atoms with E-state index in [0.29, 0.717) is 27.8 Å². The van der Waals surface area contributed by atoms with E-state index in [2.05, 4.69) is 37.2 Å². The molecule has 0 radical (unpaired) electrons. The average molecular weight is 425 g/mol. The minimum absolute atomic E-state index is 0.116. The number of halogens is 2. The van der Waals surface area contributed by atoms with Crippen molar-refractivity contribution in [2.24, 2.45) is 0 Å². The van der Waals surface area contributed by atoms with E-state index in [1.165, 1.54) is 12.1 Å². The van der Waals surface area contributed by atoms with Crippen molar-refractivity contribution in [3.05, 3.63) is 26.6 Å².